The molecule has 1 amide bonds. The van der Waals surface area contributed by atoms with Crippen molar-refractivity contribution in [3.8, 4) is 0 Å². The van der Waals surface area contributed by atoms with Gasteiger partial charge in [0.25, 0.3) is 5.91 Å². The van der Waals surface area contributed by atoms with Crippen LogP contribution in [0.5, 0.6) is 0 Å². The van der Waals surface area contributed by atoms with Crippen LogP contribution in [0.25, 0.3) is 0 Å². The summed E-state index contributed by atoms with van der Waals surface area (Å²) in [6.07, 6.45) is 4.83. The highest BCUT2D eigenvalue weighted by Crippen LogP contribution is 2.26. The molecule has 98 valence electrons. The number of benzene rings is 1. The first-order chi connectivity index (χ1) is 8.58. The van der Waals surface area contributed by atoms with E-state index in [1.54, 1.807) is 18.0 Å². The van der Waals surface area contributed by atoms with Crippen LogP contribution < -0.4 is 0 Å². The number of carbonyl (C=O) groups is 1. The Hall–Kier alpha value is -1.03. The predicted molar refractivity (Wildman–Crippen MR) is 72.6 cm³/mol. The summed E-state index contributed by atoms with van der Waals surface area (Å²) in [4.78, 5) is 14.4. The van der Waals surface area contributed by atoms with E-state index in [0.717, 1.165) is 6.54 Å². The van der Waals surface area contributed by atoms with Gasteiger partial charge in [-0.3, -0.25) is 4.79 Å². The molecule has 0 saturated heterocycles. The van der Waals surface area contributed by atoms with E-state index in [-0.39, 0.29) is 11.5 Å². The minimum Gasteiger partial charge on any atom is -0.341 e. The average Bonchev–Trinajstić information content (AvgIpc) is 2.84. The second-order valence-electron chi connectivity index (χ2n) is 5.00. The Bertz CT molecular complexity index is 443. The molecule has 0 N–H and O–H groups in total. The standard InChI is InChI=1S/C14H18FNOS/c1-16(9-10-4-2-3-5-10)14(17)12-8-11(18)6-7-13(12)15/h6-8,10,18H,2-5,9H2,1H3. The summed E-state index contributed by atoms with van der Waals surface area (Å²) >= 11 is 4.14. The molecule has 1 aliphatic rings. The molecule has 2 rings (SSSR count). The number of rotatable bonds is 3. The lowest BCUT2D eigenvalue weighted by atomic mass is 10.1. The summed E-state index contributed by atoms with van der Waals surface area (Å²) in [7, 11) is 1.74. The van der Waals surface area contributed by atoms with Crippen molar-refractivity contribution in [3.63, 3.8) is 0 Å². The first kappa shape index (κ1) is 13.4. The molecule has 1 aliphatic carbocycles. The van der Waals surface area contributed by atoms with Crippen LogP contribution in [0.2, 0.25) is 0 Å². The molecular weight excluding hydrogens is 249 g/mol. The van der Waals surface area contributed by atoms with E-state index in [0.29, 0.717) is 10.8 Å². The van der Waals surface area contributed by atoms with Gasteiger partial charge in [0.05, 0.1) is 5.56 Å². The second-order valence-corrected chi connectivity index (χ2v) is 5.52. The summed E-state index contributed by atoms with van der Waals surface area (Å²) in [5.74, 6) is -0.160. The van der Waals surface area contributed by atoms with Crippen molar-refractivity contribution < 1.29 is 9.18 Å². The first-order valence-electron chi connectivity index (χ1n) is 6.32. The molecule has 0 aliphatic heterocycles. The van der Waals surface area contributed by atoms with E-state index in [2.05, 4.69) is 12.6 Å². The van der Waals surface area contributed by atoms with Gasteiger partial charge in [-0.05, 0) is 37.0 Å². The minimum absolute atomic E-state index is 0.114. The molecule has 1 aromatic carbocycles. The zero-order valence-electron chi connectivity index (χ0n) is 10.5. The van der Waals surface area contributed by atoms with Gasteiger partial charge in [-0.15, -0.1) is 12.6 Å². The third-order valence-electron chi connectivity index (χ3n) is 3.53. The predicted octanol–water partition coefficient (Wildman–Crippen LogP) is 3.38. The van der Waals surface area contributed by atoms with Crippen LogP contribution in [0.3, 0.4) is 0 Å². The van der Waals surface area contributed by atoms with Gasteiger partial charge in [-0.1, -0.05) is 12.8 Å². The van der Waals surface area contributed by atoms with Gasteiger partial charge in [0.2, 0.25) is 0 Å². The molecule has 1 fully saturated rings. The topological polar surface area (TPSA) is 20.3 Å². The van der Waals surface area contributed by atoms with E-state index in [9.17, 15) is 9.18 Å². The molecule has 18 heavy (non-hydrogen) atoms. The van der Waals surface area contributed by atoms with Gasteiger partial charge in [0.1, 0.15) is 5.82 Å². The molecule has 0 unspecified atom stereocenters. The molecule has 2 nitrogen and oxygen atoms in total. The number of halogens is 1. The quantitative estimate of drug-likeness (QED) is 0.832. The number of amides is 1. The lowest BCUT2D eigenvalue weighted by Gasteiger charge is -2.21. The fourth-order valence-corrected chi connectivity index (χ4v) is 2.75. The fraction of sp³-hybridized carbons (Fsp3) is 0.500. The fourth-order valence-electron chi connectivity index (χ4n) is 2.55. The van der Waals surface area contributed by atoms with E-state index < -0.39 is 5.82 Å². The monoisotopic (exact) mass is 267 g/mol. The molecule has 0 atom stereocenters. The summed E-state index contributed by atoms with van der Waals surface area (Å²) in [6.45, 7) is 0.717. The van der Waals surface area contributed by atoms with Gasteiger partial charge in [0.15, 0.2) is 0 Å². The summed E-state index contributed by atoms with van der Waals surface area (Å²) in [5.41, 5.74) is 0.114. The molecule has 0 aromatic heterocycles. The van der Waals surface area contributed by atoms with Crippen LogP contribution in [0, 0.1) is 11.7 Å². The summed E-state index contributed by atoms with van der Waals surface area (Å²) in [6, 6.07) is 4.33. The maximum Gasteiger partial charge on any atom is 0.256 e. The van der Waals surface area contributed by atoms with E-state index in [1.165, 1.54) is 37.8 Å². The molecule has 0 heterocycles. The molecule has 4 heteroatoms. The van der Waals surface area contributed by atoms with Crippen LogP contribution in [0.15, 0.2) is 23.1 Å². The largest absolute Gasteiger partial charge is 0.341 e. The average molecular weight is 267 g/mol. The van der Waals surface area contributed by atoms with Crippen LogP contribution in [-0.2, 0) is 0 Å². The highest BCUT2D eigenvalue weighted by atomic mass is 32.1. The van der Waals surface area contributed by atoms with Crippen LogP contribution >= 0.6 is 12.6 Å². The van der Waals surface area contributed by atoms with Crippen LogP contribution in [0.1, 0.15) is 36.0 Å². The van der Waals surface area contributed by atoms with Gasteiger partial charge in [-0.25, -0.2) is 4.39 Å². The van der Waals surface area contributed by atoms with Crippen molar-refractivity contribution in [2.45, 2.75) is 30.6 Å². The maximum absolute atomic E-state index is 13.6. The minimum atomic E-state index is -0.476. The Morgan fingerprint density at radius 2 is 2.11 bits per heavy atom. The van der Waals surface area contributed by atoms with Crippen molar-refractivity contribution in [1.82, 2.24) is 4.90 Å². The highest BCUT2D eigenvalue weighted by molar-refractivity contribution is 7.80. The van der Waals surface area contributed by atoms with Gasteiger partial charge >= 0.3 is 0 Å². The molecular formula is C14H18FNOS. The molecule has 0 radical (unpaired) electrons. The Balaban J connectivity index is 2.07. The van der Waals surface area contributed by atoms with E-state index in [4.69, 9.17) is 0 Å². The van der Waals surface area contributed by atoms with E-state index >= 15 is 0 Å². The van der Waals surface area contributed by atoms with Gasteiger partial charge in [-0.2, -0.15) is 0 Å². The molecule has 1 saturated carbocycles. The van der Waals surface area contributed by atoms with Crippen molar-refractivity contribution in [3.05, 3.63) is 29.6 Å². The Morgan fingerprint density at radius 3 is 2.78 bits per heavy atom. The van der Waals surface area contributed by atoms with Gasteiger partial charge < -0.3 is 4.90 Å². The Morgan fingerprint density at radius 1 is 1.44 bits per heavy atom. The van der Waals surface area contributed by atoms with Crippen molar-refractivity contribution in [1.29, 1.82) is 0 Å². The lowest BCUT2D eigenvalue weighted by Crippen LogP contribution is -2.31. The molecule has 1 aromatic rings. The number of hydrogen-bond acceptors (Lipinski definition) is 2. The van der Waals surface area contributed by atoms with Gasteiger partial charge in [0, 0.05) is 18.5 Å². The Labute approximate surface area is 113 Å². The zero-order chi connectivity index (χ0) is 13.1. The Kier molecular flexibility index (Phi) is 4.27. The zero-order valence-corrected chi connectivity index (χ0v) is 11.4. The molecule has 0 spiro atoms. The maximum atomic E-state index is 13.6. The summed E-state index contributed by atoms with van der Waals surface area (Å²) < 4.78 is 13.6. The highest BCUT2D eigenvalue weighted by Gasteiger charge is 2.21. The normalized spacial score (nSPS) is 15.9. The first-order valence-corrected chi connectivity index (χ1v) is 6.76. The number of hydrogen-bond donors (Lipinski definition) is 1. The SMILES string of the molecule is CN(CC1CCCC1)C(=O)c1cc(S)ccc1F. The number of thiol groups is 1. The third kappa shape index (κ3) is 3.05. The molecule has 0 bridgehead atoms. The van der Waals surface area contributed by atoms with E-state index in [1.807, 2.05) is 0 Å². The lowest BCUT2D eigenvalue weighted by molar-refractivity contribution is 0.0768. The number of carbonyl (C=O) groups excluding carboxylic acids is 1. The third-order valence-corrected chi connectivity index (χ3v) is 3.81. The van der Waals surface area contributed by atoms with Crippen molar-refractivity contribution in [2.75, 3.05) is 13.6 Å². The second kappa shape index (κ2) is 5.74. The van der Waals surface area contributed by atoms with Crippen molar-refractivity contribution >= 4 is 18.5 Å². The van der Waals surface area contributed by atoms with Crippen LogP contribution in [0.4, 0.5) is 4.39 Å². The summed E-state index contributed by atoms with van der Waals surface area (Å²) in [5, 5.41) is 0. The number of nitrogens with zero attached hydrogens (tertiary/aromatic N) is 1. The smallest absolute Gasteiger partial charge is 0.256 e. The van der Waals surface area contributed by atoms with Crippen LogP contribution in [-0.4, -0.2) is 24.4 Å². The van der Waals surface area contributed by atoms with Crippen molar-refractivity contribution in [2.24, 2.45) is 5.92 Å².